The van der Waals surface area contributed by atoms with Crippen molar-refractivity contribution in [1.29, 1.82) is 0 Å². The lowest BCUT2D eigenvalue weighted by molar-refractivity contribution is 0.306. The Kier molecular flexibility index (Phi) is 6.21. The zero-order chi connectivity index (χ0) is 15.2. The van der Waals surface area contributed by atoms with E-state index in [-0.39, 0.29) is 5.82 Å². The highest BCUT2D eigenvalue weighted by Crippen LogP contribution is 2.27. The lowest BCUT2D eigenvalue weighted by Crippen LogP contribution is -2.18. The third kappa shape index (κ3) is 5.41. The maximum absolute atomic E-state index is 13.2. The molecule has 1 aromatic carbocycles. The molecule has 1 N–H and O–H groups in total. The van der Waals surface area contributed by atoms with Crippen LogP contribution in [-0.2, 0) is 13.2 Å². The molecule has 0 radical (unpaired) electrons. The van der Waals surface area contributed by atoms with Crippen molar-refractivity contribution < 1.29 is 9.13 Å². The first-order chi connectivity index (χ1) is 10.0. The Labute approximate surface area is 137 Å². The second-order valence-electron chi connectivity index (χ2n) is 5.26. The Balaban J connectivity index is 1.86. The molecule has 0 amide bonds. The summed E-state index contributed by atoms with van der Waals surface area (Å²) in [6.07, 6.45) is 0. The van der Waals surface area contributed by atoms with Gasteiger partial charge in [0.05, 0.1) is 4.47 Å². The monoisotopic (exact) mass is 371 g/mol. The maximum Gasteiger partial charge on any atom is 0.136 e. The van der Waals surface area contributed by atoms with Gasteiger partial charge in [-0.25, -0.2) is 4.39 Å². The number of hydrogen-bond acceptors (Lipinski definition) is 3. The Morgan fingerprint density at radius 2 is 2.00 bits per heavy atom. The number of benzene rings is 1. The molecule has 21 heavy (non-hydrogen) atoms. The van der Waals surface area contributed by atoms with Gasteiger partial charge in [-0.2, -0.15) is 0 Å². The van der Waals surface area contributed by atoms with E-state index in [1.54, 1.807) is 17.4 Å². The van der Waals surface area contributed by atoms with Crippen molar-refractivity contribution in [2.45, 2.75) is 27.0 Å². The molecule has 0 saturated heterocycles. The Morgan fingerprint density at radius 3 is 2.76 bits per heavy atom. The summed E-state index contributed by atoms with van der Waals surface area (Å²) < 4.78 is 19.6. The van der Waals surface area contributed by atoms with Gasteiger partial charge in [-0.15, -0.1) is 11.3 Å². The van der Waals surface area contributed by atoms with Crippen LogP contribution in [-0.4, -0.2) is 6.54 Å². The van der Waals surface area contributed by atoms with Crippen LogP contribution in [0.15, 0.2) is 34.8 Å². The minimum Gasteiger partial charge on any atom is -0.487 e. The SMILES string of the molecule is CC(C)CNCc1ccc(COc2cc(F)ccc2Br)s1. The van der Waals surface area contributed by atoms with Crippen LogP contribution < -0.4 is 10.1 Å². The second kappa shape index (κ2) is 7.92. The van der Waals surface area contributed by atoms with Gasteiger partial charge in [-0.1, -0.05) is 13.8 Å². The van der Waals surface area contributed by atoms with Crippen LogP contribution in [0.1, 0.15) is 23.6 Å². The first-order valence-electron chi connectivity index (χ1n) is 6.90. The fourth-order valence-electron chi connectivity index (χ4n) is 1.82. The van der Waals surface area contributed by atoms with Crippen molar-refractivity contribution >= 4 is 27.3 Å². The van der Waals surface area contributed by atoms with E-state index in [1.807, 2.05) is 0 Å². The minimum absolute atomic E-state index is 0.294. The normalized spacial score (nSPS) is 11.1. The van der Waals surface area contributed by atoms with E-state index in [4.69, 9.17) is 4.74 Å². The summed E-state index contributed by atoms with van der Waals surface area (Å²) >= 11 is 5.08. The standard InChI is InChI=1S/C16H19BrFNOS/c1-11(2)8-19-9-13-4-5-14(21-13)10-20-16-7-12(18)3-6-15(16)17/h3-7,11,19H,8-10H2,1-2H3. The first kappa shape index (κ1) is 16.5. The number of ether oxygens (including phenoxy) is 1. The lowest BCUT2D eigenvalue weighted by atomic mass is 10.2. The summed E-state index contributed by atoms with van der Waals surface area (Å²) in [5.41, 5.74) is 0. The number of halogens is 2. The second-order valence-corrected chi connectivity index (χ2v) is 7.36. The van der Waals surface area contributed by atoms with Crippen LogP contribution in [0, 0.1) is 11.7 Å². The molecule has 1 aromatic heterocycles. The van der Waals surface area contributed by atoms with Gasteiger partial charge in [0, 0.05) is 22.4 Å². The maximum atomic E-state index is 13.2. The molecule has 0 atom stereocenters. The van der Waals surface area contributed by atoms with Gasteiger partial charge in [0.25, 0.3) is 0 Å². The quantitative estimate of drug-likeness (QED) is 0.741. The molecule has 0 spiro atoms. The van der Waals surface area contributed by atoms with Gasteiger partial charge < -0.3 is 10.1 Å². The fraction of sp³-hybridized carbons (Fsp3) is 0.375. The van der Waals surface area contributed by atoms with Crippen LogP contribution in [0.4, 0.5) is 4.39 Å². The van der Waals surface area contributed by atoms with E-state index in [1.165, 1.54) is 17.0 Å². The van der Waals surface area contributed by atoms with Crippen LogP contribution in [0.5, 0.6) is 5.75 Å². The Hall–Kier alpha value is -0.910. The molecular weight excluding hydrogens is 353 g/mol. The highest BCUT2D eigenvalue weighted by atomic mass is 79.9. The lowest BCUT2D eigenvalue weighted by Gasteiger charge is -2.07. The molecule has 1 heterocycles. The van der Waals surface area contributed by atoms with Crippen LogP contribution in [0.2, 0.25) is 0 Å². The molecule has 5 heteroatoms. The molecule has 114 valence electrons. The van der Waals surface area contributed by atoms with Crippen molar-refractivity contribution in [3.05, 3.63) is 50.4 Å². The minimum atomic E-state index is -0.294. The number of nitrogens with one attached hydrogen (secondary N) is 1. The van der Waals surface area contributed by atoms with E-state index >= 15 is 0 Å². The van der Waals surface area contributed by atoms with E-state index < -0.39 is 0 Å². The van der Waals surface area contributed by atoms with E-state index in [0.29, 0.717) is 18.3 Å². The number of thiophene rings is 1. The summed E-state index contributed by atoms with van der Waals surface area (Å²) in [5, 5.41) is 3.42. The zero-order valence-corrected chi connectivity index (χ0v) is 14.6. The topological polar surface area (TPSA) is 21.3 Å². The number of hydrogen-bond donors (Lipinski definition) is 1. The molecular formula is C16H19BrFNOS. The van der Waals surface area contributed by atoms with Crippen molar-refractivity contribution in [3.63, 3.8) is 0 Å². The molecule has 0 unspecified atom stereocenters. The van der Waals surface area contributed by atoms with Gasteiger partial charge >= 0.3 is 0 Å². The van der Waals surface area contributed by atoms with Crippen LogP contribution >= 0.6 is 27.3 Å². The zero-order valence-electron chi connectivity index (χ0n) is 12.2. The summed E-state index contributed by atoms with van der Waals surface area (Å²) in [5.74, 6) is 0.888. The summed E-state index contributed by atoms with van der Waals surface area (Å²) in [4.78, 5) is 2.42. The smallest absolute Gasteiger partial charge is 0.136 e. The van der Waals surface area contributed by atoms with Gasteiger partial charge in [0.1, 0.15) is 18.2 Å². The Bertz CT molecular complexity index is 585. The van der Waals surface area contributed by atoms with E-state index in [0.717, 1.165) is 22.4 Å². The highest BCUT2D eigenvalue weighted by Gasteiger charge is 2.05. The van der Waals surface area contributed by atoms with Gasteiger partial charge in [0.15, 0.2) is 0 Å². The predicted octanol–water partition coefficient (Wildman–Crippen LogP) is 4.97. The summed E-state index contributed by atoms with van der Waals surface area (Å²) in [6.45, 7) is 6.73. The number of rotatable bonds is 7. The molecule has 0 aliphatic heterocycles. The van der Waals surface area contributed by atoms with Gasteiger partial charge in [0.2, 0.25) is 0 Å². The third-order valence-electron chi connectivity index (χ3n) is 2.83. The molecule has 0 aliphatic rings. The molecule has 2 rings (SSSR count). The van der Waals surface area contributed by atoms with Crippen molar-refractivity contribution in [2.75, 3.05) is 6.54 Å². The van der Waals surface area contributed by atoms with E-state index in [9.17, 15) is 4.39 Å². The van der Waals surface area contributed by atoms with Gasteiger partial charge in [-0.05, 0) is 52.7 Å². The molecule has 0 fully saturated rings. The largest absolute Gasteiger partial charge is 0.487 e. The highest BCUT2D eigenvalue weighted by molar-refractivity contribution is 9.10. The molecule has 2 nitrogen and oxygen atoms in total. The van der Waals surface area contributed by atoms with Crippen molar-refractivity contribution in [1.82, 2.24) is 5.32 Å². The third-order valence-corrected chi connectivity index (χ3v) is 4.55. The average Bonchev–Trinajstić information content (AvgIpc) is 2.87. The summed E-state index contributed by atoms with van der Waals surface area (Å²) in [6, 6.07) is 8.62. The molecule has 0 saturated carbocycles. The molecule has 0 aliphatic carbocycles. The average molecular weight is 372 g/mol. The van der Waals surface area contributed by atoms with Crippen molar-refractivity contribution in [2.24, 2.45) is 5.92 Å². The summed E-state index contributed by atoms with van der Waals surface area (Å²) in [7, 11) is 0. The van der Waals surface area contributed by atoms with E-state index in [2.05, 4.69) is 47.2 Å². The predicted molar refractivity (Wildman–Crippen MR) is 89.3 cm³/mol. The van der Waals surface area contributed by atoms with Crippen molar-refractivity contribution in [3.8, 4) is 5.75 Å². The Morgan fingerprint density at radius 1 is 1.24 bits per heavy atom. The fourth-order valence-corrected chi connectivity index (χ4v) is 3.08. The molecule has 0 bridgehead atoms. The van der Waals surface area contributed by atoms with Crippen LogP contribution in [0.3, 0.4) is 0 Å². The first-order valence-corrected chi connectivity index (χ1v) is 8.51. The van der Waals surface area contributed by atoms with Crippen LogP contribution in [0.25, 0.3) is 0 Å². The molecule has 2 aromatic rings. The van der Waals surface area contributed by atoms with Gasteiger partial charge in [-0.3, -0.25) is 0 Å².